The molecule has 7 nitrogen and oxygen atoms in total. The Morgan fingerprint density at radius 2 is 1.76 bits per heavy atom. The van der Waals surface area contributed by atoms with Crippen LogP contribution in [0.25, 0.3) is 0 Å². The molecule has 0 aromatic heterocycles. The molecule has 0 spiro atoms. The molecule has 1 aliphatic carbocycles. The number of carbonyl (C=O) groups is 1. The Morgan fingerprint density at radius 3 is 2.24 bits per heavy atom. The van der Waals surface area contributed by atoms with Gasteiger partial charge in [-0.15, -0.1) is 0 Å². The maximum atomic E-state index is 12.5. The Bertz CT molecular complexity index is 853. The van der Waals surface area contributed by atoms with Crippen LogP contribution in [0.4, 0.5) is 0 Å². The molecule has 1 aromatic rings. The summed E-state index contributed by atoms with van der Waals surface area (Å²) in [6.07, 6.45) is 3.72. The lowest BCUT2D eigenvalue weighted by atomic mass is 9.88. The van der Waals surface area contributed by atoms with Crippen LogP contribution in [-0.4, -0.2) is 46.0 Å². The summed E-state index contributed by atoms with van der Waals surface area (Å²) in [5.74, 6) is -0.881. The molecule has 1 fully saturated rings. The number of hydrogen-bond acceptors (Lipinski definition) is 5. The van der Waals surface area contributed by atoms with Gasteiger partial charge in [-0.2, -0.15) is 0 Å². The summed E-state index contributed by atoms with van der Waals surface area (Å²) in [7, 11) is -6.76. The van der Waals surface area contributed by atoms with Gasteiger partial charge in [-0.05, 0) is 62.3 Å². The van der Waals surface area contributed by atoms with Gasteiger partial charge in [-0.25, -0.2) is 26.4 Å². The minimum atomic E-state index is -3.74. The summed E-state index contributed by atoms with van der Waals surface area (Å²) in [5, 5.41) is 9.02. The van der Waals surface area contributed by atoms with E-state index in [1.807, 2.05) is 0 Å². The maximum absolute atomic E-state index is 12.5. The highest BCUT2D eigenvalue weighted by Crippen LogP contribution is 2.27. The zero-order chi connectivity index (χ0) is 18.8. The number of aryl methyl sites for hydroxylation is 1. The van der Waals surface area contributed by atoms with Crippen LogP contribution in [0.3, 0.4) is 0 Å². The molecule has 0 atom stereocenters. The number of carboxylic acids is 1. The van der Waals surface area contributed by atoms with Crippen molar-refractivity contribution in [3.63, 3.8) is 0 Å². The third-order valence-corrected chi connectivity index (χ3v) is 7.04. The Morgan fingerprint density at radius 1 is 1.16 bits per heavy atom. The molecule has 1 saturated carbocycles. The van der Waals surface area contributed by atoms with Gasteiger partial charge in [0, 0.05) is 12.3 Å². The fraction of sp³-hybridized carbons (Fsp3) is 0.562. The maximum Gasteiger partial charge on any atom is 0.335 e. The van der Waals surface area contributed by atoms with Crippen molar-refractivity contribution in [2.75, 3.05) is 12.0 Å². The lowest BCUT2D eigenvalue weighted by molar-refractivity contribution is 0.0696. The predicted molar refractivity (Wildman–Crippen MR) is 93.9 cm³/mol. The second-order valence-corrected chi connectivity index (χ2v) is 10.6. The summed E-state index contributed by atoms with van der Waals surface area (Å²) in [6, 6.07) is 3.69. The lowest BCUT2D eigenvalue weighted by Crippen LogP contribution is -2.38. The van der Waals surface area contributed by atoms with Gasteiger partial charge < -0.3 is 5.11 Å². The van der Waals surface area contributed by atoms with Gasteiger partial charge in [0.2, 0.25) is 10.0 Å². The standard InChI is InChI=1S/C16H23NO6S2/c1-11-9-14(7-8-15(11)16(18)19)25(22,23)17-13-5-3-12(4-6-13)10-24(2,20)21/h7-9,12-13,17H,3-6,10H2,1-2H3,(H,18,19). The van der Waals surface area contributed by atoms with Crippen molar-refractivity contribution < 1.29 is 26.7 Å². The van der Waals surface area contributed by atoms with Gasteiger partial charge in [0.05, 0.1) is 16.2 Å². The van der Waals surface area contributed by atoms with Crippen molar-refractivity contribution >= 4 is 25.8 Å². The minimum absolute atomic E-state index is 0.0354. The Kier molecular flexibility index (Phi) is 5.90. The van der Waals surface area contributed by atoms with E-state index in [2.05, 4.69) is 4.72 Å². The fourth-order valence-corrected chi connectivity index (χ4v) is 5.79. The number of sulfonamides is 1. The van der Waals surface area contributed by atoms with Crippen molar-refractivity contribution in [2.45, 2.75) is 43.5 Å². The average molecular weight is 389 g/mol. The van der Waals surface area contributed by atoms with E-state index in [-0.39, 0.29) is 28.2 Å². The molecule has 1 aliphatic rings. The normalized spacial score (nSPS) is 21.8. The summed E-state index contributed by atoms with van der Waals surface area (Å²) >= 11 is 0. The molecular weight excluding hydrogens is 366 g/mol. The van der Waals surface area contributed by atoms with Crippen LogP contribution in [0.15, 0.2) is 23.1 Å². The highest BCUT2D eigenvalue weighted by atomic mass is 32.2. The molecule has 2 rings (SSSR count). The monoisotopic (exact) mass is 389 g/mol. The molecule has 2 N–H and O–H groups in total. The molecule has 0 radical (unpaired) electrons. The van der Waals surface area contributed by atoms with Crippen molar-refractivity contribution in [1.82, 2.24) is 4.72 Å². The molecule has 0 bridgehead atoms. The van der Waals surface area contributed by atoms with Crippen molar-refractivity contribution in [1.29, 1.82) is 0 Å². The molecule has 0 unspecified atom stereocenters. The average Bonchev–Trinajstić information content (AvgIpc) is 2.47. The van der Waals surface area contributed by atoms with Gasteiger partial charge in [0.1, 0.15) is 9.84 Å². The van der Waals surface area contributed by atoms with E-state index in [9.17, 15) is 21.6 Å². The molecule has 140 valence electrons. The van der Waals surface area contributed by atoms with Gasteiger partial charge in [0.25, 0.3) is 0 Å². The van der Waals surface area contributed by atoms with Crippen LogP contribution >= 0.6 is 0 Å². The van der Waals surface area contributed by atoms with Crippen LogP contribution in [0.2, 0.25) is 0 Å². The molecule has 0 heterocycles. The number of rotatable bonds is 6. The summed E-state index contributed by atoms with van der Waals surface area (Å²) in [6.45, 7) is 1.55. The van der Waals surface area contributed by atoms with Crippen LogP contribution in [0.5, 0.6) is 0 Å². The zero-order valence-corrected chi connectivity index (χ0v) is 15.9. The molecule has 9 heteroatoms. The highest BCUT2D eigenvalue weighted by Gasteiger charge is 2.27. The number of sulfone groups is 1. The first-order chi connectivity index (χ1) is 11.5. The quantitative estimate of drug-likeness (QED) is 0.763. The van der Waals surface area contributed by atoms with E-state index < -0.39 is 25.8 Å². The van der Waals surface area contributed by atoms with Crippen LogP contribution in [0.1, 0.15) is 41.6 Å². The third-order valence-electron chi connectivity index (χ3n) is 4.45. The van der Waals surface area contributed by atoms with E-state index in [0.717, 1.165) is 0 Å². The third kappa shape index (κ3) is 5.52. The van der Waals surface area contributed by atoms with Crippen LogP contribution < -0.4 is 4.72 Å². The van der Waals surface area contributed by atoms with Crippen LogP contribution in [0, 0.1) is 12.8 Å². The molecule has 25 heavy (non-hydrogen) atoms. The SMILES string of the molecule is Cc1cc(S(=O)(=O)NC2CCC(CS(C)(=O)=O)CC2)ccc1C(=O)O. The van der Waals surface area contributed by atoms with Crippen molar-refractivity contribution in [3.8, 4) is 0 Å². The number of carboxylic acid groups (broad SMARTS) is 1. The van der Waals surface area contributed by atoms with E-state index in [0.29, 0.717) is 31.2 Å². The number of aromatic carboxylic acids is 1. The first-order valence-electron chi connectivity index (χ1n) is 8.02. The van der Waals surface area contributed by atoms with Gasteiger partial charge in [-0.1, -0.05) is 0 Å². The Balaban J connectivity index is 2.03. The molecule has 0 saturated heterocycles. The van der Waals surface area contributed by atoms with Crippen molar-refractivity contribution in [3.05, 3.63) is 29.3 Å². The number of benzene rings is 1. The largest absolute Gasteiger partial charge is 0.478 e. The Hall–Kier alpha value is -1.45. The Labute approximate surface area is 148 Å². The highest BCUT2D eigenvalue weighted by molar-refractivity contribution is 7.90. The van der Waals surface area contributed by atoms with Gasteiger partial charge in [-0.3, -0.25) is 0 Å². The van der Waals surface area contributed by atoms with E-state index in [1.54, 1.807) is 6.92 Å². The smallest absolute Gasteiger partial charge is 0.335 e. The van der Waals surface area contributed by atoms with Gasteiger partial charge >= 0.3 is 5.97 Å². The first kappa shape index (κ1) is 19.9. The van der Waals surface area contributed by atoms with Gasteiger partial charge in [0.15, 0.2) is 0 Å². The van der Waals surface area contributed by atoms with E-state index in [1.165, 1.54) is 24.5 Å². The summed E-state index contributed by atoms with van der Waals surface area (Å²) in [4.78, 5) is 11.1. The van der Waals surface area contributed by atoms with Crippen LogP contribution in [-0.2, 0) is 19.9 Å². The number of nitrogens with one attached hydrogen (secondary N) is 1. The minimum Gasteiger partial charge on any atom is -0.478 e. The second kappa shape index (κ2) is 7.43. The lowest BCUT2D eigenvalue weighted by Gasteiger charge is -2.28. The number of hydrogen-bond donors (Lipinski definition) is 2. The molecular formula is C16H23NO6S2. The molecule has 1 aromatic carbocycles. The summed E-state index contributed by atoms with van der Waals surface area (Å²) < 4.78 is 50.3. The molecule has 0 amide bonds. The summed E-state index contributed by atoms with van der Waals surface area (Å²) in [5.41, 5.74) is 0.451. The van der Waals surface area contributed by atoms with E-state index >= 15 is 0 Å². The van der Waals surface area contributed by atoms with E-state index in [4.69, 9.17) is 5.11 Å². The second-order valence-electron chi connectivity index (χ2n) is 6.71. The fourth-order valence-electron chi connectivity index (χ4n) is 3.21. The zero-order valence-electron chi connectivity index (χ0n) is 14.2. The molecule has 0 aliphatic heterocycles. The predicted octanol–water partition coefficient (Wildman–Crippen LogP) is 1.57. The topological polar surface area (TPSA) is 118 Å². The van der Waals surface area contributed by atoms with Crippen molar-refractivity contribution in [2.24, 2.45) is 5.92 Å². The first-order valence-corrected chi connectivity index (χ1v) is 11.6.